The molecule has 0 spiro atoms. The molecule has 6 nitrogen and oxygen atoms in total. The molecule has 7 rings (SSSR count). The molecule has 48 heavy (non-hydrogen) atoms. The van der Waals surface area contributed by atoms with E-state index in [1.54, 1.807) is 0 Å². The third kappa shape index (κ3) is 6.71. The van der Waals surface area contributed by atoms with Gasteiger partial charge in [0.1, 0.15) is 0 Å². The number of rotatable bonds is 6. The minimum absolute atomic E-state index is 0.0516. The quantitative estimate of drug-likeness (QED) is 0.228. The number of nitrogens with one attached hydrogen (secondary N) is 2. The van der Waals surface area contributed by atoms with Gasteiger partial charge in [-0.25, -0.2) is 14.8 Å². The maximum absolute atomic E-state index is 12.9. The number of fused-ring (bicyclic) bond motifs is 6. The number of ether oxygens (including phenoxy) is 1. The van der Waals surface area contributed by atoms with Crippen LogP contribution in [0.2, 0.25) is 25.7 Å². The van der Waals surface area contributed by atoms with E-state index < -0.39 is 8.07 Å². The van der Waals surface area contributed by atoms with Crippen molar-refractivity contribution in [2.24, 2.45) is 15.4 Å². The summed E-state index contributed by atoms with van der Waals surface area (Å²) < 4.78 is 5.63. The number of benzene rings is 2. The van der Waals surface area contributed by atoms with Crippen LogP contribution < -0.4 is 16.0 Å². The zero-order valence-corrected chi connectivity index (χ0v) is 29.7. The lowest BCUT2D eigenvalue weighted by Gasteiger charge is -2.23. The first kappa shape index (κ1) is 32.0. The third-order valence-corrected chi connectivity index (χ3v) is 11.3. The number of allylic oxidation sites excluding steroid dienone is 4. The number of aromatic amines is 1. The van der Waals surface area contributed by atoms with Gasteiger partial charge in [0, 0.05) is 42.0 Å². The average molecular weight is 653 g/mol. The average Bonchev–Trinajstić information content (AvgIpc) is 3.84. The van der Waals surface area contributed by atoms with Crippen LogP contribution in [0.5, 0.6) is 0 Å². The molecule has 0 radical (unpaired) electrons. The Kier molecular flexibility index (Phi) is 8.30. The minimum atomic E-state index is -1.29. The van der Waals surface area contributed by atoms with E-state index in [0.29, 0.717) is 12.2 Å². The number of esters is 1. The molecule has 8 bridgehead atoms. The fraction of sp³-hybridized carbons (Fsp3) is 0.293. The van der Waals surface area contributed by atoms with Gasteiger partial charge in [-0.05, 0) is 96.7 Å². The van der Waals surface area contributed by atoms with E-state index in [4.69, 9.17) is 14.7 Å². The number of hydrogen-bond donors (Lipinski definition) is 2. The molecule has 2 unspecified atom stereocenters. The normalized spacial score (nSPS) is 25.6. The molecule has 2 N–H and O–H groups in total. The molecule has 2 aromatic carbocycles. The van der Waals surface area contributed by atoms with Crippen LogP contribution >= 0.6 is 0 Å². The Balaban J connectivity index is 1.39. The molecule has 7 heteroatoms. The topological polar surface area (TPSA) is 78.8 Å². The van der Waals surface area contributed by atoms with E-state index in [1.165, 1.54) is 5.56 Å². The summed E-state index contributed by atoms with van der Waals surface area (Å²) in [6.45, 7) is 14.0. The lowest BCUT2D eigenvalue weighted by molar-refractivity contribution is 0.0525. The molecular formula is C41H44N4O2Si. The lowest BCUT2D eigenvalue weighted by Crippen LogP contribution is -2.32. The first-order valence-electron chi connectivity index (χ1n) is 16.9. The molecule has 1 saturated heterocycles. The van der Waals surface area contributed by atoms with Crippen molar-refractivity contribution < 1.29 is 9.53 Å². The maximum Gasteiger partial charge on any atom is 0.338 e. The second-order valence-corrected chi connectivity index (χ2v) is 20.8. The fourth-order valence-corrected chi connectivity index (χ4v) is 7.50. The third-order valence-electron chi connectivity index (χ3n) is 9.59. The van der Waals surface area contributed by atoms with Crippen molar-refractivity contribution >= 4 is 36.6 Å². The molecule has 5 heterocycles. The summed E-state index contributed by atoms with van der Waals surface area (Å²) in [4.78, 5) is 26.9. The SMILES string of the molecule is Cc1ccc(/C2=c3\cc/c([nH]3)=C(\c3ccc(C(=O)OCC[Si](C)(C)C)cc3)C3=N/C(=C\C4CC(C)(C)C(/C=C5/C=CC2=N5)N4)C=C3)cc1. The number of aliphatic imine (C=N–C) groups is 2. The second-order valence-electron chi connectivity index (χ2n) is 15.2. The number of carbonyl (C=O) groups is 1. The van der Waals surface area contributed by atoms with Crippen molar-refractivity contribution in [2.75, 3.05) is 6.61 Å². The van der Waals surface area contributed by atoms with Gasteiger partial charge >= 0.3 is 5.97 Å². The van der Waals surface area contributed by atoms with Crippen LogP contribution in [0, 0.1) is 12.3 Å². The van der Waals surface area contributed by atoms with E-state index in [9.17, 15) is 4.79 Å². The van der Waals surface area contributed by atoms with Gasteiger partial charge in [0.15, 0.2) is 0 Å². The number of aryl methyl sites for hydroxylation is 1. The second kappa shape index (κ2) is 12.5. The number of hydrogen-bond acceptors (Lipinski definition) is 5. The highest BCUT2D eigenvalue weighted by Crippen LogP contribution is 2.37. The van der Waals surface area contributed by atoms with Crippen LogP contribution in [-0.4, -0.2) is 49.1 Å². The Morgan fingerprint density at radius 2 is 1.38 bits per heavy atom. The van der Waals surface area contributed by atoms with Crippen molar-refractivity contribution in [3.63, 3.8) is 0 Å². The number of aromatic nitrogens is 1. The zero-order chi connectivity index (χ0) is 33.6. The number of nitrogens with zero attached hydrogens (tertiary/aromatic N) is 2. The Morgan fingerprint density at radius 3 is 1.96 bits per heavy atom. The smallest absolute Gasteiger partial charge is 0.338 e. The molecule has 0 aliphatic carbocycles. The first-order valence-corrected chi connectivity index (χ1v) is 20.6. The number of H-pyrrole nitrogens is 1. The lowest BCUT2D eigenvalue weighted by atomic mass is 9.83. The Labute approximate surface area is 284 Å². The van der Waals surface area contributed by atoms with Gasteiger partial charge in [-0.3, -0.25) is 0 Å². The van der Waals surface area contributed by atoms with Crippen molar-refractivity contribution in [3.8, 4) is 0 Å². The molecule has 1 aromatic heterocycles. The summed E-state index contributed by atoms with van der Waals surface area (Å²) in [7, 11) is -1.29. The molecule has 0 amide bonds. The Morgan fingerprint density at radius 1 is 0.812 bits per heavy atom. The van der Waals surface area contributed by atoms with Gasteiger partial charge in [0.25, 0.3) is 0 Å². The summed E-state index contributed by atoms with van der Waals surface area (Å²) in [5, 5.41) is 5.76. The Bertz CT molecular complexity index is 2080. The van der Waals surface area contributed by atoms with Crippen molar-refractivity contribution in [1.29, 1.82) is 0 Å². The highest BCUT2D eigenvalue weighted by atomic mass is 28.3. The summed E-state index contributed by atoms with van der Waals surface area (Å²) in [6, 6.07) is 21.9. The maximum atomic E-state index is 12.9. The van der Waals surface area contributed by atoms with E-state index >= 15 is 0 Å². The highest BCUT2D eigenvalue weighted by molar-refractivity contribution is 6.76. The predicted molar refractivity (Wildman–Crippen MR) is 200 cm³/mol. The van der Waals surface area contributed by atoms with Crippen LogP contribution in [-0.2, 0) is 4.74 Å². The summed E-state index contributed by atoms with van der Waals surface area (Å²) >= 11 is 0. The summed E-state index contributed by atoms with van der Waals surface area (Å²) in [6.07, 6.45) is 14.0. The van der Waals surface area contributed by atoms with Crippen LogP contribution in [0.1, 0.15) is 47.3 Å². The molecule has 1 fully saturated rings. The van der Waals surface area contributed by atoms with E-state index in [-0.39, 0.29) is 23.5 Å². The Hall–Kier alpha value is -4.59. The van der Waals surface area contributed by atoms with Crippen molar-refractivity contribution in [2.45, 2.75) is 65.0 Å². The molecule has 244 valence electrons. The van der Waals surface area contributed by atoms with Gasteiger partial charge < -0.3 is 15.0 Å². The molecular weight excluding hydrogens is 609 g/mol. The van der Waals surface area contributed by atoms with Gasteiger partial charge in [-0.2, -0.15) is 0 Å². The summed E-state index contributed by atoms with van der Waals surface area (Å²) in [5.74, 6) is -0.283. The highest BCUT2D eigenvalue weighted by Gasteiger charge is 2.38. The van der Waals surface area contributed by atoms with Gasteiger partial charge in [0.2, 0.25) is 0 Å². The van der Waals surface area contributed by atoms with Crippen molar-refractivity contribution in [1.82, 2.24) is 10.3 Å². The molecule has 4 aliphatic rings. The molecule has 3 aromatic rings. The fourth-order valence-electron chi connectivity index (χ4n) is 6.78. The predicted octanol–water partition coefficient (Wildman–Crippen LogP) is 6.78. The van der Waals surface area contributed by atoms with Crippen LogP contribution in [0.15, 0.2) is 118 Å². The summed E-state index contributed by atoms with van der Waals surface area (Å²) in [5.41, 5.74) is 9.61. The van der Waals surface area contributed by atoms with Gasteiger partial charge in [-0.15, -0.1) is 0 Å². The van der Waals surface area contributed by atoms with Crippen molar-refractivity contribution in [3.05, 3.63) is 141 Å². The zero-order valence-electron chi connectivity index (χ0n) is 28.7. The van der Waals surface area contributed by atoms with E-state index in [2.05, 4.69) is 124 Å². The first-order chi connectivity index (χ1) is 22.9. The monoisotopic (exact) mass is 652 g/mol. The minimum Gasteiger partial charge on any atom is -0.462 e. The van der Waals surface area contributed by atoms with Crippen LogP contribution in [0.3, 0.4) is 0 Å². The molecule has 4 aliphatic heterocycles. The standard InChI is InChI=1S/C41H44N4O2Si/c1-26-7-9-27(10-8-26)38-34-18-16-31(43-34)24-37-41(2,3)25-32(44-37)23-30-15-17-33(42-30)39(36-20-19-35(38)45-36)28-11-13-29(14-12-28)40(46)47-21-22-48(4,5)6/h7-20,23-24,32,37,44-45H,21-22,25H2,1-6H3/b30-23-,31-24-,38-35-,39-36-. The molecule has 2 atom stereocenters. The molecule has 0 saturated carbocycles. The van der Waals surface area contributed by atoms with E-state index in [0.717, 1.165) is 68.3 Å². The van der Waals surface area contributed by atoms with Gasteiger partial charge in [-0.1, -0.05) is 75.5 Å². The van der Waals surface area contributed by atoms with Crippen LogP contribution in [0.4, 0.5) is 0 Å². The largest absolute Gasteiger partial charge is 0.462 e. The van der Waals surface area contributed by atoms with Gasteiger partial charge in [0.05, 0.1) is 35.0 Å². The van der Waals surface area contributed by atoms with Crippen LogP contribution in [0.25, 0.3) is 11.1 Å². The van der Waals surface area contributed by atoms with E-state index in [1.807, 2.05) is 24.3 Å². The number of carbonyl (C=O) groups excluding carboxylic acids is 1.